The number of pyridine rings is 1. The average molecular weight is 495 g/mol. The smallest absolute Gasteiger partial charge is 0.407 e. The van der Waals surface area contributed by atoms with E-state index in [9.17, 15) is 9.59 Å². The van der Waals surface area contributed by atoms with Crippen molar-refractivity contribution in [2.45, 2.75) is 51.7 Å². The van der Waals surface area contributed by atoms with Crippen LogP contribution in [0.3, 0.4) is 0 Å². The van der Waals surface area contributed by atoms with Crippen molar-refractivity contribution in [3.05, 3.63) is 70.4 Å². The van der Waals surface area contributed by atoms with Gasteiger partial charge in [0, 0.05) is 23.9 Å². The van der Waals surface area contributed by atoms with Gasteiger partial charge in [0.1, 0.15) is 16.9 Å². The van der Waals surface area contributed by atoms with Crippen LogP contribution in [0.1, 0.15) is 41.5 Å². The van der Waals surface area contributed by atoms with Gasteiger partial charge in [0.25, 0.3) is 0 Å². The fourth-order valence-electron chi connectivity index (χ4n) is 4.08. The van der Waals surface area contributed by atoms with Gasteiger partial charge < -0.3 is 25.8 Å². The second kappa shape index (κ2) is 11.7. The van der Waals surface area contributed by atoms with Gasteiger partial charge in [-0.05, 0) is 55.5 Å². The van der Waals surface area contributed by atoms with E-state index in [1.165, 1.54) is 11.3 Å². The number of para-hydroxylation sites is 1. The van der Waals surface area contributed by atoms with Crippen LogP contribution in [0.5, 0.6) is 5.75 Å². The fourth-order valence-corrected chi connectivity index (χ4v) is 5.32. The Labute approximate surface area is 208 Å². The highest BCUT2D eigenvalue weighted by Crippen LogP contribution is 2.40. The summed E-state index contributed by atoms with van der Waals surface area (Å²) in [5, 5.41) is 6.38. The number of hydrogen-bond acceptors (Lipinski definition) is 7. The molecule has 1 aliphatic carbocycles. The van der Waals surface area contributed by atoms with Crippen LogP contribution < -0.4 is 21.1 Å². The van der Waals surface area contributed by atoms with E-state index in [0.717, 1.165) is 27.4 Å². The first kappa shape index (κ1) is 24.5. The minimum absolute atomic E-state index is 0.0942. The van der Waals surface area contributed by atoms with Crippen LogP contribution >= 0.6 is 11.3 Å². The number of anilines is 2. The molecule has 2 heterocycles. The summed E-state index contributed by atoms with van der Waals surface area (Å²) in [7, 11) is 0. The van der Waals surface area contributed by atoms with Gasteiger partial charge >= 0.3 is 6.09 Å². The number of rotatable bonds is 9. The number of hydrogen-bond donors (Lipinski definition) is 3. The fraction of sp³-hybridized carbons (Fsp3) is 0.346. The van der Waals surface area contributed by atoms with Crippen molar-refractivity contribution in [1.82, 2.24) is 10.3 Å². The lowest BCUT2D eigenvalue weighted by atomic mass is 9.95. The summed E-state index contributed by atoms with van der Waals surface area (Å²) < 4.78 is 11.3. The molecule has 0 fully saturated rings. The van der Waals surface area contributed by atoms with Crippen molar-refractivity contribution in [2.24, 2.45) is 0 Å². The zero-order valence-electron chi connectivity index (χ0n) is 19.7. The van der Waals surface area contributed by atoms with Crippen LogP contribution in [0.2, 0.25) is 0 Å². The molecule has 4 N–H and O–H groups in total. The summed E-state index contributed by atoms with van der Waals surface area (Å²) in [6, 6.07) is 13.3. The molecule has 0 saturated carbocycles. The largest absolute Gasteiger partial charge is 0.494 e. The number of carbonyl (C=O) groups excluding carboxylic acids is 2. The molecule has 1 atom stereocenters. The monoisotopic (exact) mass is 494 g/mol. The minimum Gasteiger partial charge on any atom is -0.494 e. The third-order valence-corrected chi connectivity index (χ3v) is 7.01. The summed E-state index contributed by atoms with van der Waals surface area (Å²) >= 11 is 1.46. The van der Waals surface area contributed by atoms with Crippen molar-refractivity contribution >= 4 is 34.0 Å². The highest BCUT2D eigenvalue weighted by Gasteiger charge is 2.27. The third kappa shape index (κ3) is 6.51. The minimum atomic E-state index is -0.463. The van der Waals surface area contributed by atoms with E-state index >= 15 is 0 Å². The topological polar surface area (TPSA) is 116 Å². The molecule has 1 aliphatic rings. The van der Waals surface area contributed by atoms with Crippen molar-refractivity contribution in [3.63, 3.8) is 0 Å². The molecule has 0 bridgehead atoms. The van der Waals surface area contributed by atoms with E-state index in [0.29, 0.717) is 55.9 Å². The van der Waals surface area contributed by atoms with Crippen LogP contribution in [0.25, 0.3) is 0 Å². The molecule has 3 aromatic rings. The number of alkyl carbamates (subject to hydrolysis) is 1. The average Bonchev–Trinajstić information content (AvgIpc) is 3.17. The molecule has 0 aliphatic heterocycles. The van der Waals surface area contributed by atoms with Gasteiger partial charge in [-0.15, -0.1) is 11.3 Å². The van der Waals surface area contributed by atoms with E-state index in [-0.39, 0.29) is 12.0 Å². The van der Waals surface area contributed by atoms with Crippen LogP contribution in [0, 0.1) is 0 Å². The maximum absolute atomic E-state index is 12.6. The zero-order valence-corrected chi connectivity index (χ0v) is 20.5. The quantitative estimate of drug-likeness (QED) is 0.404. The number of aryl methyl sites for hydroxylation is 1. The standard InChI is InChI=1S/C26H30N4O4S/c1-2-33-21-9-4-3-7-17(21)10-13-23(31)30-25-24(27)20-12-11-19(15-22(20)35-25)34-26(32)29-16-18-8-5-6-14-28-18/h3-9,14,19H,2,10-13,15-16,27H2,1H3,(H,29,32)(H,30,31). The second-order valence-electron chi connectivity index (χ2n) is 8.28. The van der Waals surface area contributed by atoms with Gasteiger partial charge in [-0.2, -0.15) is 0 Å². The predicted octanol–water partition coefficient (Wildman–Crippen LogP) is 4.48. The Morgan fingerprint density at radius 2 is 2.03 bits per heavy atom. The van der Waals surface area contributed by atoms with Crippen LogP contribution in [-0.4, -0.2) is 29.7 Å². The molecule has 1 unspecified atom stereocenters. The lowest BCUT2D eigenvalue weighted by Gasteiger charge is -2.22. The molecule has 0 saturated heterocycles. The molecule has 8 nitrogen and oxygen atoms in total. The van der Waals surface area contributed by atoms with Gasteiger partial charge in [-0.3, -0.25) is 9.78 Å². The normalized spacial score (nSPS) is 14.6. The number of fused-ring (bicyclic) bond motifs is 1. The molecular weight excluding hydrogens is 464 g/mol. The molecular formula is C26H30N4O4S. The Morgan fingerprint density at radius 3 is 2.83 bits per heavy atom. The second-order valence-corrected chi connectivity index (χ2v) is 9.39. The number of thiophene rings is 1. The molecule has 0 spiro atoms. The van der Waals surface area contributed by atoms with E-state index in [1.807, 2.05) is 49.4 Å². The number of carbonyl (C=O) groups is 2. The highest BCUT2D eigenvalue weighted by molar-refractivity contribution is 7.17. The molecule has 9 heteroatoms. The first-order chi connectivity index (χ1) is 17.0. The van der Waals surface area contributed by atoms with Crippen molar-refractivity contribution in [2.75, 3.05) is 17.7 Å². The van der Waals surface area contributed by atoms with Crippen LogP contribution in [-0.2, 0) is 35.3 Å². The molecule has 184 valence electrons. The number of nitrogens with two attached hydrogens (primary N) is 1. The van der Waals surface area contributed by atoms with Crippen LogP contribution in [0.4, 0.5) is 15.5 Å². The number of nitrogen functional groups attached to an aromatic ring is 1. The maximum atomic E-state index is 12.6. The number of nitrogens with one attached hydrogen (secondary N) is 2. The predicted molar refractivity (Wildman–Crippen MR) is 137 cm³/mol. The first-order valence-corrected chi connectivity index (χ1v) is 12.6. The molecule has 35 heavy (non-hydrogen) atoms. The Kier molecular flexibility index (Phi) is 8.20. The van der Waals surface area contributed by atoms with E-state index < -0.39 is 6.09 Å². The van der Waals surface area contributed by atoms with Gasteiger partial charge in [-0.1, -0.05) is 24.3 Å². The summed E-state index contributed by atoms with van der Waals surface area (Å²) in [5.74, 6) is 0.715. The summed E-state index contributed by atoms with van der Waals surface area (Å²) in [6.45, 7) is 2.83. The molecule has 2 aromatic heterocycles. The lowest BCUT2D eigenvalue weighted by molar-refractivity contribution is -0.116. The Hall–Kier alpha value is -3.59. The molecule has 2 amide bonds. The maximum Gasteiger partial charge on any atom is 0.407 e. The van der Waals surface area contributed by atoms with Gasteiger partial charge in [0.15, 0.2) is 0 Å². The van der Waals surface area contributed by atoms with Gasteiger partial charge in [-0.25, -0.2) is 4.79 Å². The third-order valence-electron chi connectivity index (χ3n) is 5.82. The molecule has 4 rings (SSSR count). The summed E-state index contributed by atoms with van der Waals surface area (Å²) in [6.07, 6.45) is 3.86. The first-order valence-electron chi connectivity index (χ1n) is 11.8. The SMILES string of the molecule is CCOc1ccccc1CCC(=O)Nc1sc2c(c1N)CCC(OC(=O)NCc1ccccn1)C2. The number of nitrogens with zero attached hydrogens (tertiary/aromatic N) is 1. The lowest BCUT2D eigenvalue weighted by Crippen LogP contribution is -2.31. The molecule has 0 radical (unpaired) electrons. The van der Waals surface area contributed by atoms with Gasteiger partial charge in [0.05, 0.1) is 24.5 Å². The van der Waals surface area contributed by atoms with Crippen LogP contribution in [0.15, 0.2) is 48.7 Å². The number of aromatic nitrogens is 1. The highest BCUT2D eigenvalue weighted by atomic mass is 32.1. The summed E-state index contributed by atoms with van der Waals surface area (Å²) in [5.41, 5.74) is 9.78. The Balaban J connectivity index is 1.29. The number of benzene rings is 1. The molecule has 1 aromatic carbocycles. The Morgan fingerprint density at radius 1 is 1.20 bits per heavy atom. The number of amides is 2. The van der Waals surface area contributed by atoms with Crippen molar-refractivity contribution in [3.8, 4) is 5.75 Å². The van der Waals surface area contributed by atoms with E-state index in [4.69, 9.17) is 15.2 Å². The van der Waals surface area contributed by atoms with Gasteiger partial charge in [0.2, 0.25) is 5.91 Å². The summed E-state index contributed by atoms with van der Waals surface area (Å²) in [4.78, 5) is 30.1. The van der Waals surface area contributed by atoms with Crippen molar-refractivity contribution in [1.29, 1.82) is 0 Å². The zero-order chi connectivity index (χ0) is 24.6. The van der Waals surface area contributed by atoms with E-state index in [1.54, 1.807) is 6.20 Å². The van der Waals surface area contributed by atoms with E-state index in [2.05, 4.69) is 15.6 Å². The van der Waals surface area contributed by atoms with Crippen molar-refractivity contribution < 1.29 is 19.1 Å². The Bertz CT molecular complexity index is 1170. The number of ether oxygens (including phenoxy) is 2.